The van der Waals surface area contributed by atoms with Crippen molar-refractivity contribution in [3.63, 3.8) is 0 Å². The van der Waals surface area contributed by atoms with Crippen LogP contribution < -0.4 is 9.47 Å². The molecule has 0 aliphatic rings. The number of rotatable bonds is 6. The van der Waals surface area contributed by atoms with Crippen molar-refractivity contribution >= 4 is 11.6 Å². The summed E-state index contributed by atoms with van der Waals surface area (Å²) < 4.78 is 24.7. The fourth-order valence-electron chi connectivity index (χ4n) is 2.00. The van der Waals surface area contributed by atoms with E-state index in [1.165, 1.54) is 13.2 Å². The van der Waals surface area contributed by atoms with Crippen LogP contribution in [0.3, 0.4) is 0 Å². The summed E-state index contributed by atoms with van der Waals surface area (Å²) in [4.78, 5) is 0. The number of alkyl halides is 1. The van der Waals surface area contributed by atoms with Crippen LogP contribution in [-0.4, -0.2) is 13.7 Å². The van der Waals surface area contributed by atoms with Crippen molar-refractivity contribution in [3.05, 3.63) is 59.4 Å². The van der Waals surface area contributed by atoms with E-state index in [-0.39, 0.29) is 5.82 Å². The van der Waals surface area contributed by atoms with Crippen LogP contribution in [0.15, 0.2) is 42.5 Å². The molecule has 2 nitrogen and oxygen atoms in total. The van der Waals surface area contributed by atoms with Gasteiger partial charge < -0.3 is 9.47 Å². The summed E-state index contributed by atoms with van der Waals surface area (Å²) in [6.45, 7) is 2.69. The summed E-state index contributed by atoms with van der Waals surface area (Å²) in [6, 6.07) is 12.1. The molecular formula is C17H18ClFO2. The van der Waals surface area contributed by atoms with Crippen LogP contribution in [0.2, 0.25) is 0 Å². The SMILES string of the molecule is CCCOc1cccc(C(Cl)c2ccc(OC)cc2F)c1. The van der Waals surface area contributed by atoms with Crippen molar-refractivity contribution in [2.45, 2.75) is 18.7 Å². The molecule has 0 saturated heterocycles. The Balaban J connectivity index is 2.25. The highest BCUT2D eigenvalue weighted by molar-refractivity contribution is 6.22. The van der Waals surface area contributed by atoms with Crippen LogP contribution in [-0.2, 0) is 0 Å². The highest BCUT2D eigenvalue weighted by Crippen LogP contribution is 2.33. The Labute approximate surface area is 129 Å². The molecule has 112 valence electrons. The molecule has 0 aliphatic carbocycles. The molecule has 0 amide bonds. The maximum Gasteiger partial charge on any atom is 0.131 e. The Hall–Kier alpha value is -1.74. The lowest BCUT2D eigenvalue weighted by Crippen LogP contribution is -2.00. The zero-order valence-corrected chi connectivity index (χ0v) is 12.9. The lowest BCUT2D eigenvalue weighted by molar-refractivity contribution is 0.317. The molecule has 0 bridgehead atoms. The minimum atomic E-state index is -0.568. The van der Waals surface area contributed by atoms with E-state index in [0.29, 0.717) is 17.9 Å². The Bertz CT molecular complexity index is 601. The van der Waals surface area contributed by atoms with Crippen LogP contribution in [0.4, 0.5) is 4.39 Å². The number of ether oxygens (including phenoxy) is 2. The predicted octanol–water partition coefficient (Wildman–Crippen LogP) is 4.95. The Morgan fingerprint density at radius 2 is 1.95 bits per heavy atom. The molecule has 4 heteroatoms. The first-order chi connectivity index (χ1) is 10.2. The maximum absolute atomic E-state index is 14.1. The lowest BCUT2D eigenvalue weighted by Gasteiger charge is -2.14. The van der Waals surface area contributed by atoms with Gasteiger partial charge in [0.05, 0.1) is 19.1 Å². The molecule has 0 spiro atoms. The van der Waals surface area contributed by atoms with Gasteiger partial charge in [0.2, 0.25) is 0 Å². The molecule has 2 aromatic rings. The zero-order chi connectivity index (χ0) is 15.2. The molecule has 1 atom stereocenters. The van der Waals surface area contributed by atoms with E-state index in [9.17, 15) is 4.39 Å². The highest BCUT2D eigenvalue weighted by atomic mass is 35.5. The molecule has 2 aromatic carbocycles. The van der Waals surface area contributed by atoms with Gasteiger partial charge in [-0.15, -0.1) is 11.6 Å². The maximum atomic E-state index is 14.1. The topological polar surface area (TPSA) is 18.5 Å². The highest BCUT2D eigenvalue weighted by Gasteiger charge is 2.16. The first kappa shape index (κ1) is 15.6. The molecule has 2 rings (SSSR count). The third-order valence-electron chi connectivity index (χ3n) is 3.10. The third kappa shape index (κ3) is 3.88. The second-order valence-corrected chi connectivity index (χ2v) is 5.11. The van der Waals surface area contributed by atoms with Crippen molar-refractivity contribution in [1.29, 1.82) is 0 Å². The molecule has 0 N–H and O–H groups in total. The quantitative estimate of drug-likeness (QED) is 0.703. The van der Waals surface area contributed by atoms with Crippen LogP contribution in [0.5, 0.6) is 11.5 Å². The summed E-state index contributed by atoms with van der Waals surface area (Å²) >= 11 is 6.40. The molecule has 0 aliphatic heterocycles. The fraction of sp³-hybridized carbons (Fsp3) is 0.294. The number of halogens is 2. The summed E-state index contributed by atoms with van der Waals surface area (Å²) in [5.74, 6) is 0.836. The van der Waals surface area contributed by atoms with Gasteiger partial charge in [-0.25, -0.2) is 4.39 Å². The normalized spacial score (nSPS) is 12.0. The van der Waals surface area contributed by atoms with Crippen molar-refractivity contribution in [1.82, 2.24) is 0 Å². The van der Waals surface area contributed by atoms with Crippen molar-refractivity contribution in [2.24, 2.45) is 0 Å². The average Bonchev–Trinajstić information content (AvgIpc) is 2.52. The second-order valence-electron chi connectivity index (χ2n) is 4.67. The first-order valence-corrected chi connectivity index (χ1v) is 7.29. The van der Waals surface area contributed by atoms with Gasteiger partial charge in [0.15, 0.2) is 0 Å². The summed E-state index contributed by atoms with van der Waals surface area (Å²) in [5, 5.41) is -0.568. The van der Waals surface area contributed by atoms with Crippen molar-refractivity contribution < 1.29 is 13.9 Å². The Morgan fingerprint density at radius 3 is 2.62 bits per heavy atom. The largest absolute Gasteiger partial charge is 0.497 e. The van der Waals surface area contributed by atoms with Gasteiger partial charge in [0.1, 0.15) is 17.3 Å². The summed E-state index contributed by atoms with van der Waals surface area (Å²) in [6.07, 6.45) is 0.932. The standard InChI is InChI=1S/C17H18ClFO2/c1-3-9-21-14-6-4-5-12(10-14)17(18)15-8-7-13(20-2)11-16(15)19/h4-8,10-11,17H,3,9H2,1-2H3. The second kappa shape index (κ2) is 7.32. The minimum absolute atomic E-state index is 0.380. The van der Waals surface area contributed by atoms with Gasteiger partial charge in [-0.2, -0.15) is 0 Å². The number of hydrogen-bond donors (Lipinski definition) is 0. The van der Waals surface area contributed by atoms with E-state index in [2.05, 4.69) is 0 Å². The van der Waals surface area contributed by atoms with Crippen molar-refractivity contribution in [2.75, 3.05) is 13.7 Å². The Kier molecular flexibility index (Phi) is 5.45. The summed E-state index contributed by atoms with van der Waals surface area (Å²) in [5.41, 5.74) is 1.22. The van der Waals surface area contributed by atoms with Gasteiger partial charge in [-0.3, -0.25) is 0 Å². The Morgan fingerprint density at radius 1 is 1.14 bits per heavy atom. The van der Waals surface area contributed by atoms with Gasteiger partial charge in [-0.1, -0.05) is 25.1 Å². The van der Waals surface area contributed by atoms with E-state index in [1.807, 2.05) is 31.2 Å². The van der Waals surface area contributed by atoms with Gasteiger partial charge >= 0.3 is 0 Å². The number of hydrogen-bond acceptors (Lipinski definition) is 2. The van der Waals surface area contributed by atoms with E-state index < -0.39 is 5.38 Å². The number of benzene rings is 2. The van der Waals surface area contributed by atoms with Crippen LogP contribution in [0.1, 0.15) is 29.8 Å². The monoisotopic (exact) mass is 308 g/mol. The smallest absolute Gasteiger partial charge is 0.131 e. The first-order valence-electron chi connectivity index (χ1n) is 6.86. The van der Waals surface area contributed by atoms with Crippen LogP contribution in [0.25, 0.3) is 0 Å². The molecule has 1 unspecified atom stereocenters. The third-order valence-corrected chi connectivity index (χ3v) is 3.59. The summed E-state index contributed by atoms with van der Waals surface area (Å²) in [7, 11) is 1.50. The minimum Gasteiger partial charge on any atom is -0.497 e. The average molecular weight is 309 g/mol. The predicted molar refractivity (Wildman–Crippen MR) is 82.9 cm³/mol. The molecule has 0 fully saturated rings. The van der Waals surface area contributed by atoms with E-state index in [1.54, 1.807) is 12.1 Å². The zero-order valence-electron chi connectivity index (χ0n) is 12.1. The molecule has 0 saturated carbocycles. The van der Waals surface area contributed by atoms with Gasteiger partial charge in [-0.05, 0) is 30.2 Å². The van der Waals surface area contributed by atoms with Crippen molar-refractivity contribution in [3.8, 4) is 11.5 Å². The van der Waals surface area contributed by atoms with Gasteiger partial charge in [0, 0.05) is 11.6 Å². The molecule has 21 heavy (non-hydrogen) atoms. The van der Waals surface area contributed by atoms with Gasteiger partial charge in [0.25, 0.3) is 0 Å². The molecule has 0 aromatic heterocycles. The van der Waals surface area contributed by atoms with E-state index in [0.717, 1.165) is 17.7 Å². The fourth-order valence-corrected chi connectivity index (χ4v) is 2.31. The van der Waals surface area contributed by atoms with E-state index in [4.69, 9.17) is 21.1 Å². The lowest BCUT2D eigenvalue weighted by atomic mass is 10.0. The molecule has 0 radical (unpaired) electrons. The van der Waals surface area contributed by atoms with E-state index >= 15 is 0 Å². The van der Waals surface area contributed by atoms with Crippen LogP contribution >= 0.6 is 11.6 Å². The number of methoxy groups -OCH3 is 1. The molecule has 0 heterocycles. The molecular weight excluding hydrogens is 291 g/mol. The van der Waals surface area contributed by atoms with Crippen LogP contribution in [0, 0.1) is 5.82 Å².